The molecule has 3 N–H and O–H groups in total. The van der Waals surface area contributed by atoms with E-state index in [1.54, 1.807) is 6.92 Å². The van der Waals surface area contributed by atoms with Gasteiger partial charge in [-0.15, -0.1) is 0 Å². The number of aryl methyl sites for hydroxylation is 1. The third kappa shape index (κ3) is 3.48. The topological polar surface area (TPSA) is 99.3 Å². The molecule has 7 heteroatoms. The van der Waals surface area contributed by atoms with E-state index >= 15 is 0 Å². The Morgan fingerprint density at radius 1 is 1.53 bits per heavy atom. The van der Waals surface area contributed by atoms with Gasteiger partial charge in [-0.3, -0.25) is 4.72 Å². The van der Waals surface area contributed by atoms with Crippen molar-refractivity contribution < 1.29 is 18.3 Å². The van der Waals surface area contributed by atoms with Crippen molar-refractivity contribution in [1.29, 1.82) is 0 Å². The van der Waals surface area contributed by atoms with Crippen LogP contribution in [0.25, 0.3) is 0 Å². The molecule has 96 valence electrons. The van der Waals surface area contributed by atoms with Crippen molar-refractivity contribution in [3.05, 3.63) is 17.5 Å². The summed E-state index contributed by atoms with van der Waals surface area (Å²) >= 11 is 0. The fourth-order valence-electron chi connectivity index (χ4n) is 1.44. The van der Waals surface area contributed by atoms with Gasteiger partial charge in [-0.05, 0) is 13.3 Å². The molecular weight excluding hydrogens is 244 g/mol. The van der Waals surface area contributed by atoms with E-state index in [1.165, 1.54) is 6.20 Å². The van der Waals surface area contributed by atoms with Gasteiger partial charge in [-0.2, -0.15) is 0 Å². The fraction of sp³-hybridized carbons (Fsp3) is 0.500. The minimum absolute atomic E-state index is 0.00716. The summed E-state index contributed by atoms with van der Waals surface area (Å²) in [6, 6.07) is 0. The largest absolute Gasteiger partial charge is 0.478 e. The highest BCUT2D eigenvalue weighted by Crippen LogP contribution is 2.20. The number of sulfonamides is 1. The number of aromatic amines is 1. The molecule has 0 atom stereocenters. The number of rotatable bonds is 6. The monoisotopic (exact) mass is 260 g/mol. The van der Waals surface area contributed by atoms with E-state index in [2.05, 4.69) is 9.71 Å². The molecule has 0 radical (unpaired) electrons. The maximum atomic E-state index is 11.6. The molecular formula is C10H16N2O4S. The number of aromatic carboxylic acids is 1. The molecule has 0 aromatic carbocycles. The summed E-state index contributed by atoms with van der Waals surface area (Å²) < 4.78 is 25.5. The lowest BCUT2D eigenvalue weighted by Gasteiger charge is -2.06. The first-order chi connectivity index (χ1) is 7.87. The number of nitrogens with one attached hydrogen (secondary N) is 2. The van der Waals surface area contributed by atoms with E-state index < -0.39 is 16.0 Å². The van der Waals surface area contributed by atoms with Gasteiger partial charge in [0.2, 0.25) is 10.0 Å². The van der Waals surface area contributed by atoms with E-state index in [0.29, 0.717) is 12.1 Å². The van der Waals surface area contributed by atoms with Crippen LogP contribution in [0.2, 0.25) is 0 Å². The zero-order valence-corrected chi connectivity index (χ0v) is 10.6. The smallest absolute Gasteiger partial charge is 0.339 e. The predicted octanol–water partition coefficient (Wildman–Crippen LogP) is 1.56. The van der Waals surface area contributed by atoms with Crippen LogP contribution in [0.4, 0.5) is 5.69 Å². The van der Waals surface area contributed by atoms with Crippen LogP contribution in [0.5, 0.6) is 0 Å². The van der Waals surface area contributed by atoms with Crippen LogP contribution in [-0.4, -0.2) is 30.2 Å². The van der Waals surface area contributed by atoms with Crippen LogP contribution in [0.15, 0.2) is 6.20 Å². The molecule has 6 nitrogen and oxygen atoms in total. The van der Waals surface area contributed by atoms with E-state index in [0.717, 1.165) is 6.42 Å². The van der Waals surface area contributed by atoms with Gasteiger partial charge in [-0.25, -0.2) is 13.2 Å². The van der Waals surface area contributed by atoms with E-state index in [1.807, 2.05) is 6.92 Å². The summed E-state index contributed by atoms with van der Waals surface area (Å²) in [7, 11) is -3.47. The molecule has 0 aliphatic carbocycles. The molecule has 0 aliphatic heterocycles. The molecule has 0 saturated carbocycles. The standard InChI is InChI=1S/C10H16N2O4S/c1-3-4-5-17(15,16)12-8-6-11-7(2)9(8)10(13)14/h6,11-12H,3-5H2,1-2H3,(H,13,14). The van der Waals surface area contributed by atoms with Gasteiger partial charge in [0.15, 0.2) is 0 Å². The Morgan fingerprint density at radius 3 is 2.71 bits per heavy atom. The van der Waals surface area contributed by atoms with Crippen LogP contribution < -0.4 is 4.72 Å². The maximum absolute atomic E-state index is 11.6. The summed E-state index contributed by atoms with van der Waals surface area (Å²) in [5, 5.41) is 8.95. The highest BCUT2D eigenvalue weighted by atomic mass is 32.2. The number of carboxylic acid groups (broad SMARTS) is 1. The lowest BCUT2D eigenvalue weighted by atomic mass is 10.2. The average molecular weight is 260 g/mol. The van der Waals surface area contributed by atoms with Gasteiger partial charge in [0.1, 0.15) is 5.56 Å². The number of carbonyl (C=O) groups is 1. The number of carboxylic acids is 1. The van der Waals surface area contributed by atoms with Crippen LogP contribution >= 0.6 is 0 Å². The molecule has 0 bridgehead atoms. The van der Waals surface area contributed by atoms with Crippen molar-refractivity contribution in [3.63, 3.8) is 0 Å². The maximum Gasteiger partial charge on any atom is 0.339 e. The SMILES string of the molecule is CCCCS(=O)(=O)Nc1c[nH]c(C)c1C(=O)O. The van der Waals surface area contributed by atoms with Gasteiger partial charge in [0.25, 0.3) is 0 Å². The van der Waals surface area contributed by atoms with Crippen molar-refractivity contribution in [2.45, 2.75) is 26.7 Å². The van der Waals surface area contributed by atoms with Crippen molar-refractivity contribution in [1.82, 2.24) is 4.98 Å². The highest BCUT2D eigenvalue weighted by molar-refractivity contribution is 7.92. The zero-order chi connectivity index (χ0) is 13.1. The normalized spacial score (nSPS) is 11.4. The van der Waals surface area contributed by atoms with Crippen LogP contribution in [0.3, 0.4) is 0 Å². The molecule has 0 spiro atoms. The number of hydrogen-bond donors (Lipinski definition) is 3. The molecule has 0 amide bonds. The minimum atomic E-state index is -3.47. The summed E-state index contributed by atoms with van der Waals surface area (Å²) in [5.74, 6) is -1.16. The van der Waals surface area contributed by atoms with E-state index in [-0.39, 0.29) is 17.0 Å². The van der Waals surface area contributed by atoms with Crippen LogP contribution in [0.1, 0.15) is 35.8 Å². The lowest BCUT2D eigenvalue weighted by Crippen LogP contribution is -2.17. The Hall–Kier alpha value is -1.50. The second-order valence-electron chi connectivity index (χ2n) is 3.78. The van der Waals surface area contributed by atoms with Gasteiger partial charge in [0.05, 0.1) is 11.4 Å². The van der Waals surface area contributed by atoms with Crippen molar-refractivity contribution in [2.24, 2.45) is 0 Å². The van der Waals surface area contributed by atoms with Gasteiger partial charge >= 0.3 is 5.97 Å². The van der Waals surface area contributed by atoms with Crippen molar-refractivity contribution >= 4 is 21.7 Å². The lowest BCUT2D eigenvalue weighted by molar-refractivity contribution is 0.0697. The molecule has 1 aromatic rings. The molecule has 0 unspecified atom stereocenters. The minimum Gasteiger partial charge on any atom is -0.478 e. The Labute approximate surface area is 100 Å². The Morgan fingerprint density at radius 2 is 2.18 bits per heavy atom. The van der Waals surface area contributed by atoms with E-state index in [9.17, 15) is 13.2 Å². The third-order valence-corrected chi connectivity index (χ3v) is 3.68. The first-order valence-corrected chi connectivity index (χ1v) is 6.94. The van der Waals surface area contributed by atoms with Crippen molar-refractivity contribution in [2.75, 3.05) is 10.5 Å². The molecule has 1 heterocycles. The summed E-state index contributed by atoms with van der Waals surface area (Å²) in [4.78, 5) is 13.6. The predicted molar refractivity (Wildman–Crippen MR) is 64.8 cm³/mol. The van der Waals surface area contributed by atoms with Crippen molar-refractivity contribution in [3.8, 4) is 0 Å². The van der Waals surface area contributed by atoms with Gasteiger partial charge < -0.3 is 10.1 Å². The van der Waals surface area contributed by atoms with E-state index in [4.69, 9.17) is 5.11 Å². The number of hydrogen-bond acceptors (Lipinski definition) is 3. The number of aromatic nitrogens is 1. The molecule has 1 aromatic heterocycles. The molecule has 1 rings (SSSR count). The second-order valence-corrected chi connectivity index (χ2v) is 5.62. The molecule has 0 fully saturated rings. The Balaban J connectivity index is 2.92. The summed E-state index contributed by atoms with van der Waals surface area (Å²) in [6.45, 7) is 3.46. The number of unbranched alkanes of at least 4 members (excludes halogenated alkanes) is 1. The average Bonchev–Trinajstić information content (AvgIpc) is 2.56. The molecule has 17 heavy (non-hydrogen) atoms. The van der Waals surface area contributed by atoms with Gasteiger partial charge in [0, 0.05) is 11.9 Å². The number of H-pyrrole nitrogens is 1. The van der Waals surface area contributed by atoms with Gasteiger partial charge in [-0.1, -0.05) is 13.3 Å². The zero-order valence-electron chi connectivity index (χ0n) is 9.78. The fourth-order valence-corrected chi connectivity index (χ4v) is 2.70. The third-order valence-electron chi connectivity index (χ3n) is 2.32. The Bertz CT molecular complexity index is 504. The summed E-state index contributed by atoms with van der Waals surface area (Å²) in [5.41, 5.74) is 0.474. The molecule has 0 aliphatic rings. The Kier molecular flexibility index (Phi) is 4.17. The number of anilines is 1. The van der Waals surface area contributed by atoms with Crippen LogP contribution in [0, 0.1) is 6.92 Å². The first-order valence-electron chi connectivity index (χ1n) is 5.29. The molecule has 0 saturated heterocycles. The summed E-state index contributed by atoms with van der Waals surface area (Å²) in [6.07, 6.45) is 2.66. The first kappa shape index (κ1) is 13.6. The quantitative estimate of drug-likeness (QED) is 0.722. The van der Waals surface area contributed by atoms with Crippen LogP contribution in [-0.2, 0) is 10.0 Å². The highest BCUT2D eigenvalue weighted by Gasteiger charge is 2.19. The second kappa shape index (κ2) is 5.22.